The first-order valence-electron chi connectivity index (χ1n) is 10.00. The maximum Gasteiger partial charge on any atom is 0.167 e. The number of carbonyl (C=O) groups is 1. The van der Waals surface area contributed by atoms with E-state index in [0.29, 0.717) is 17.1 Å². The first-order chi connectivity index (χ1) is 14.2. The van der Waals surface area contributed by atoms with E-state index in [0.717, 1.165) is 43.4 Å². The van der Waals surface area contributed by atoms with Crippen LogP contribution in [0.5, 0.6) is 11.5 Å². The highest BCUT2D eigenvalue weighted by Gasteiger charge is 2.27. The van der Waals surface area contributed by atoms with Crippen LogP contribution in [0.4, 0.5) is 0 Å². The van der Waals surface area contributed by atoms with Crippen molar-refractivity contribution in [1.29, 1.82) is 0 Å². The topological polar surface area (TPSA) is 51.7 Å². The first-order valence-corrected chi connectivity index (χ1v) is 10.00. The standard InChI is InChI=1S/C24H26N2O3/c1-28-22-10-8-19(14-23(22)29-2)24(27)20-6-4-12-26(16-20)15-17-7-9-21-18(13-17)5-3-11-25-21/h3,5,7-11,13-14,20H,4,6,12,15-16H2,1-2H3. The van der Waals surface area contributed by atoms with Gasteiger partial charge in [0.1, 0.15) is 0 Å². The molecule has 1 saturated heterocycles. The lowest BCUT2D eigenvalue weighted by molar-refractivity contribution is 0.0811. The number of ketones is 1. The molecule has 1 fully saturated rings. The summed E-state index contributed by atoms with van der Waals surface area (Å²) in [5.74, 6) is 1.42. The quantitative estimate of drug-likeness (QED) is 0.586. The van der Waals surface area contributed by atoms with E-state index in [4.69, 9.17) is 9.47 Å². The Labute approximate surface area is 171 Å². The Morgan fingerprint density at radius 1 is 1.10 bits per heavy atom. The molecule has 3 aromatic rings. The minimum Gasteiger partial charge on any atom is -0.493 e. The van der Waals surface area contributed by atoms with Gasteiger partial charge in [0.2, 0.25) is 0 Å². The van der Waals surface area contributed by atoms with Crippen LogP contribution < -0.4 is 9.47 Å². The number of methoxy groups -OCH3 is 2. The van der Waals surface area contributed by atoms with Crippen molar-refractivity contribution in [2.75, 3.05) is 27.3 Å². The summed E-state index contributed by atoms with van der Waals surface area (Å²) in [6.45, 7) is 2.64. The van der Waals surface area contributed by atoms with E-state index in [2.05, 4.69) is 34.1 Å². The van der Waals surface area contributed by atoms with Crippen LogP contribution in [0.2, 0.25) is 0 Å². The van der Waals surface area contributed by atoms with Crippen LogP contribution in [0.3, 0.4) is 0 Å². The van der Waals surface area contributed by atoms with Crippen molar-refractivity contribution < 1.29 is 14.3 Å². The molecule has 0 spiro atoms. The zero-order valence-electron chi connectivity index (χ0n) is 16.9. The number of carbonyl (C=O) groups excluding carboxylic acids is 1. The van der Waals surface area contributed by atoms with Gasteiger partial charge in [-0.2, -0.15) is 0 Å². The first kappa shape index (κ1) is 19.4. The van der Waals surface area contributed by atoms with Crippen LogP contribution in [0.15, 0.2) is 54.7 Å². The largest absolute Gasteiger partial charge is 0.493 e. The number of ether oxygens (including phenoxy) is 2. The zero-order valence-corrected chi connectivity index (χ0v) is 16.9. The normalized spacial score (nSPS) is 17.2. The predicted octanol–water partition coefficient (Wildman–Crippen LogP) is 4.35. The van der Waals surface area contributed by atoms with E-state index in [9.17, 15) is 4.79 Å². The van der Waals surface area contributed by atoms with Crippen LogP contribution in [0.1, 0.15) is 28.8 Å². The summed E-state index contributed by atoms with van der Waals surface area (Å²) >= 11 is 0. The molecule has 150 valence electrons. The fraction of sp³-hybridized carbons (Fsp3) is 0.333. The molecule has 5 heteroatoms. The second kappa shape index (κ2) is 8.62. The maximum absolute atomic E-state index is 13.1. The molecule has 2 aromatic carbocycles. The molecule has 2 heterocycles. The van der Waals surface area contributed by atoms with Crippen molar-refractivity contribution in [3.63, 3.8) is 0 Å². The fourth-order valence-electron chi connectivity index (χ4n) is 4.12. The Balaban J connectivity index is 1.46. The average Bonchev–Trinajstić information content (AvgIpc) is 2.78. The Hall–Kier alpha value is -2.92. The van der Waals surface area contributed by atoms with Crippen molar-refractivity contribution in [3.8, 4) is 11.5 Å². The molecule has 0 radical (unpaired) electrons. The number of likely N-dealkylation sites (tertiary alicyclic amines) is 1. The van der Waals surface area contributed by atoms with E-state index in [1.807, 2.05) is 18.3 Å². The van der Waals surface area contributed by atoms with E-state index >= 15 is 0 Å². The van der Waals surface area contributed by atoms with Gasteiger partial charge < -0.3 is 9.47 Å². The second-order valence-corrected chi connectivity index (χ2v) is 7.54. The Morgan fingerprint density at radius 3 is 2.79 bits per heavy atom. The van der Waals surface area contributed by atoms with E-state index in [1.54, 1.807) is 26.4 Å². The van der Waals surface area contributed by atoms with Gasteiger partial charge in [-0.25, -0.2) is 0 Å². The van der Waals surface area contributed by atoms with Crippen molar-refractivity contribution in [2.45, 2.75) is 19.4 Å². The molecular weight excluding hydrogens is 364 g/mol. The fourth-order valence-corrected chi connectivity index (χ4v) is 4.12. The molecule has 1 aromatic heterocycles. The molecule has 0 saturated carbocycles. The number of hydrogen-bond donors (Lipinski definition) is 0. The minimum absolute atomic E-state index is 0.00368. The molecule has 0 aliphatic carbocycles. The van der Waals surface area contributed by atoms with E-state index in [-0.39, 0.29) is 11.7 Å². The highest BCUT2D eigenvalue weighted by atomic mass is 16.5. The van der Waals surface area contributed by atoms with Crippen LogP contribution >= 0.6 is 0 Å². The molecular formula is C24H26N2O3. The van der Waals surface area contributed by atoms with Gasteiger partial charge in [-0.1, -0.05) is 12.1 Å². The summed E-state index contributed by atoms with van der Waals surface area (Å²) in [6, 6.07) is 15.9. The summed E-state index contributed by atoms with van der Waals surface area (Å²) in [5.41, 5.74) is 2.95. The Kier molecular flexibility index (Phi) is 5.76. The molecule has 0 amide bonds. The van der Waals surface area contributed by atoms with Gasteiger partial charge >= 0.3 is 0 Å². The lowest BCUT2D eigenvalue weighted by Gasteiger charge is -2.32. The molecule has 0 bridgehead atoms. The van der Waals surface area contributed by atoms with Crippen molar-refractivity contribution in [2.24, 2.45) is 5.92 Å². The van der Waals surface area contributed by atoms with Crippen molar-refractivity contribution in [1.82, 2.24) is 9.88 Å². The number of rotatable bonds is 6. The number of fused-ring (bicyclic) bond motifs is 1. The molecule has 4 rings (SSSR count). The maximum atomic E-state index is 13.1. The summed E-state index contributed by atoms with van der Waals surface area (Å²) < 4.78 is 10.6. The van der Waals surface area contributed by atoms with Gasteiger partial charge in [0, 0.05) is 36.2 Å². The summed E-state index contributed by atoms with van der Waals surface area (Å²) in [4.78, 5) is 19.9. The van der Waals surface area contributed by atoms with Crippen LogP contribution in [0.25, 0.3) is 10.9 Å². The highest BCUT2D eigenvalue weighted by molar-refractivity contribution is 5.98. The zero-order chi connectivity index (χ0) is 20.2. The smallest absolute Gasteiger partial charge is 0.167 e. The third-order valence-electron chi connectivity index (χ3n) is 5.62. The molecule has 1 aliphatic rings. The number of nitrogens with zero attached hydrogens (tertiary/aromatic N) is 2. The lowest BCUT2D eigenvalue weighted by Crippen LogP contribution is -2.38. The number of pyridine rings is 1. The molecule has 5 nitrogen and oxygen atoms in total. The molecule has 0 N–H and O–H groups in total. The third-order valence-corrected chi connectivity index (χ3v) is 5.62. The Morgan fingerprint density at radius 2 is 1.97 bits per heavy atom. The van der Waals surface area contributed by atoms with Gasteiger partial charge in [0.05, 0.1) is 19.7 Å². The number of piperidine rings is 1. The SMILES string of the molecule is COc1ccc(C(=O)C2CCCN(Cc3ccc4ncccc4c3)C2)cc1OC. The lowest BCUT2D eigenvalue weighted by atomic mass is 9.89. The van der Waals surface area contributed by atoms with Gasteiger partial charge in [0.25, 0.3) is 0 Å². The van der Waals surface area contributed by atoms with Gasteiger partial charge in [-0.3, -0.25) is 14.7 Å². The summed E-state index contributed by atoms with van der Waals surface area (Å²) in [7, 11) is 3.19. The van der Waals surface area contributed by atoms with Crippen molar-refractivity contribution >= 4 is 16.7 Å². The number of hydrogen-bond acceptors (Lipinski definition) is 5. The number of Topliss-reactive ketones (excluding diaryl/α,β-unsaturated/α-hetero) is 1. The number of benzene rings is 2. The number of aromatic nitrogens is 1. The Bertz CT molecular complexity index is 1020. The molecule has 1 unspecified atom stereocenters. The van der Waals surface area contributed by atoms with Gasteiger partial charge in [-0.15, -0.1) is 0 Å². The van der Waals surface area contributed by atoms with Crippen LogP contribution in [-0.2, 0) is 6.54 Å². The van der Waals surface area contributed by atoms with Crippen molar-refractivity contribution in [3.05, 3.63) is 65.9 Å². The minimum atomic E-state index is 0.00368. The van der Waals surface area contributed by atoms with Crippen LogP contribution in [-0.4, -0.2) is 43.0 Å². The monoisotopic (exact) mass is 390 g/mol. The van der Waals surface area contributed by atoms with E-state index in [1.165, 1.54) is 5.56 Å². The molecule has 29 heavy (non-hydrogen) atoms. The predicted molar refractivity (Wildman–Crippen MR) is 114 cm³/mol. The second-order valence-electron chi connectivity index (χ2n) is 7.54. The van der Waals surface area contributed by atoms with Gasteiger partial charge in [-0.05, 0) is 61.3 Å². The highest BCUT2D eigenvalue weighted by Crippen LogP contribution is 2.30. The average molecular weight is 390 g/mol. The third kappa shape index (κ3) is 4.25. The van der Waals surface area contributed by atoms with E-state index < -0.39 is 0 Å². The van der Waals surface area contributed by atoms with Crippen LogP contribution in [0, 0.1) is 5.92 Å². The van der Waals surface area contributed by atoms with Gasteiger partial charge in [0.15, 0.2) is 17.3 Å². The summed E-state index contributed by atoms with van der Waals surface area (Å²) in [5, 5.41) is 1.15. The summed E-state index contributed by atoms with van der Waals surface area (Å²) in [6.07, 6.45) is 3.77. The molecule has 1 aliphatic heterocycles. The molecule has 1 atom stereocenters.